The van der Waals surface area contributed by atoms with Gasteiger partial charge in [-0.2, -0.15) is 11.8 Å². The minimum absolute atomic E-state index is 0.515. The Morgan fingerprint density at radius 1 is 1.21 bits per heavy atom. The van der Waals surface area contributed by atoms with Crippen LogP contribution in [-0.4, -0.2) is 18.9 Å². The number of thioether (sulfide) groups is 1. The molecule has 2 nitrogen and oxygen atoms in total. The minimum Gasteiger partial charge on any atom is -0.496 e. The van der Waals surface area contributed by atoms with Crippen molar-refractivity contribution < 1.29 is 4.74 Å². The second-order valence-corrected chi connectivity index (χ2v) is 6.62. The van der Waals surface area contributed by atoms with Crippen molar-refractivity contribution in [3.05, 3.63) is 29.3 Å². The first-order valence-electron chi connectivity index (χ1n) is 6.99. The summed E-state index contributed by atoms with van der Waals surface area (Å²) in [5.74, 6) is 3.96. The van der Waals surface area contributed by atoms with Crippen LogP contribution in [0, 0.1) is 5.92 Å². The number of methoxy groups -OCH3 is 1. The highest BCUT2D eigenvalue weighted by Crippen LogP contribution is 2.25. The van der Waals surface area contributed by atoms with E-state index in [2.05, 4.69) is 51.2 Å². The summed E-state index contributed by atoms with van der Waals surface area (Å²) in [4.78, 5) is 0. The molecular formula is C16H27NOS. The van der Waals surface area contributed by atoms with Crippen LogP contribution in [0.2, 0.25) is 0 Å². The summed E-state index contributed by atoms with van der Waals surface area (Å²) in [6.45, 7) is 9.77. The lowest BCUT2D eigenvalue weighted by Crippen LogP contribution is -2.21. The van der Waals surface area contributed by atoms with Crippen LogP contribution in [0.15, 0.2) is 18.2 Å². The molecule has 108 valence electrons. The Balaban J connectivity index is 2.66. The molecular weight excluding hydrogens is 254 g/mol. The average Bonchev–Trinajstić information content (AvgIpc) is 2.36. The first-order chi connectivity index (χ1) is 9.02. The Bertz CT molecular complexity index is 377. The van der Waals surface area contributed by atoms with Crippen molar-refractivity contribution in [2.75, 3.05) is 12.9 Å². The van der Waals surface area contributed by atoms with E-state index in [0.29, 0.717) is 6.04 Å². The molecule has 0 fully saturated rings. The Kier molecular flexibility index (Phi) is 7.32. The van der Waals surface area contributed by atoms with E-state index >= 15 is 0 Å². The van der Waals surface area contributed by atoms with Gasteiger partial charge in [0.05, 0.1) is 7.11 Å². The van der Waals surface area contributed by atoms with E-state index in [1.165, 1.54) is 16.9 Å². The van der Waals surface area contributed by atoms with Gasteiger partial charge in [0.1, 0.15) is 5.75 Å². The molecule has 0 unspecified atom stereocenters. The molecule has 1 rings (SSSR count). The van der Waals surface area contributed by atoms with Gasteiger partial charge >= 0.3 is 0 Å². The summed E-state index contributed by atoms with van der Waals surface area (Å²) >= 11 is 1.98. The van der Waals surface area contributed by atoms with Crippen LogP contribution in [0.3, 0.4) is 0 Å². The van der Waals surface area contributed by atoms with Gasteiger partial charge in [-0.3, -0.25) is 0 Å². The van der Waals surface area contributed by atoms with Gasteiger partial charge in [-0.25, -0.2) is 0 Å². The molecule has 0 saturated carbocycles. The largest absolute Gasteiger partial charge is 0.496 e. The van der Waals surface area contributed by atoms with E-state index in [1.807, 2.05) is 11.8 Å². The first-order valence-corrected chi connectivity index (χ1v) is 8.15. The van der Waals surface area contributed by atoms with E-state index in [4.69, 9.17) is 4.74 Å². The second-order valence-electron chi connectivity index (χ2n) is 5.59. The third-order valence-corrected chi connectivity index (χ3v) is 4.19. The molecule has 0 heterocycles. The monoisotopic (exact) mass is 281 g/mol. The van der Waals surface area contributed by atoms with E-state index in [1.54, 1.807) is 7.11 Å². The van der Waals surface area contributed by atoms with Gasteiger partial charge in [-0.05, 0) is 29.4 Å². The molecule has 0 aliphatic rings. The molecule has 0 amide bonds. The lowest BCUT2D eigenvalue weighted by molar-refractivity contribution is 0.411. The van der Waals surface area contributed by atoms with Gasteiger partial charge in [-0.1, -0.05) is 33.8 Å². The van der Waals surface area contributed by atoms with E-state index in [9.17, 15) is 0 Å². The Hall–Kier alpha value is -0.670. The molecule has 0 spiro atoms. The maximum absolute atomic E-state index is 5.45. The van der Waals surface area contributed by atoms with Crippen molar-refractivity contribution in [3.8, 4) is 5.75 Å². The Morgan fingerprint density at radius 3 is 2.53 bits per heavy atom. The Labute approximate surface area is 122 Å². The van der Waals surface area contributed by atoms with Crippen LogP contribution in [-0.2, 0) is 12.3 Å². The number of rotatable bonds is 8. The summed E-state index contributed by atoms with van der Waals surface area (Å²) in [5.41, 5.74) is 2.63. The lowest BCUT2D eigenvalue weighted by atomic mass is 10.1. The SMILES string of the molecule is COc1ccc(CNC(C)C)cc1CSCC(C)C. The normalized spacial score (nSPS) is 11.3. The summed E-state index contributed by atoms with van der Waals surface area (Å²) in [5, 5.41) is 3.45. The molecule has 0 aliphatic heterocycles. The molecule has 0 radical (unpaired) electrons. The van der Waals surface area contributed by atoms with Crippen molar-refractivity contribution in [1.29, 1.82) is 0 Å². The molecule has 1 aromatic carbocycles. The lowest BCUT2D eigenvalue weighted by Gasteiger charge is -2.13. The molecule has 1 N–H and O–H groups in total. The first kappa shape index (κ1) is 16.4. The highest BCUT2D eigenvalue weighted by molar-refractivity contribution is 7.98. The van der Waals surface area contributed by atoms with Gasteiger partial charge in [0.2, 0.25) is 0 Å². The van der Waals surface area contributed by atoms with Gasteiger partial charge in [-0.15, -0.1) is 0 Å². The molecule has 1 aromatic rings. The standard InChI is InChI=1S/C16H27NOS/c1-12(2)10-19-11-15-8-14(9-17-13(3)4)6-7-16(15)18-5/h6-8,12-13,17H,9-11H2,1-5H3. The van der Waals surface area contributed by atoms with Crippen molar-refractivity contribution in [2.24, 2.45) is 5.92 Å². The van der Waals surface area contributed by atoms with Crippen LogP contribution in [0.5, 0.6) is 5.75 Å². The summed E-state index contributed by atoms with van der Waals surface area (Å²) in [7, 11) is 1.75. The third-order valence-electron chi connectivity index (χ3n) is 2.77. The number of ether oxygens (including phenoxy) is 1. The van der Waals surface area contributed by atoms with Crippen LogP contribution >= 0.6 is 11.8 Å². The van der Waals surface area contributed by atoms with E-state index in [0.717, 1.165) is 24.0 Å². The second kappa shape index (κ2) is 8.49. The smallest absolute Gasteiger partial charge is 0.122 e. The predicted octanol–water partition coefficient (Wildman–Crippen LogP) is 4.08. The van der Waals surface area contributed by atoms with Crippen LogP contribution in [0.1, 0.15) is 38.8 Å². The van der Waals surface area contributed by atoms with Crippen molar-refractivity contribution in [1.82, 2.24) is 5.32 Å². The number of nitrogens with one attached hydrogen (secondary N) is 1. The zero-order valence-electron chi connectivity index (χ0n) is 12.8. The van der Waals surface area contributed by atoms with Gasteiger partial charge in [0.15, 0.2) is 0 Å². The number of hydrogen-bond acceptors (Lipinski definition) is 3. The Morgan fingerprint density at radius 2 is 1.95 bits per heavy atom. The fraction of sp³-hybridized carbons (Fsp3) is 0.625. The van der Waals surface area contributed by atoms with Gasteiger partial charge in [0.25, 0.3) is 0 Å². The number of hydrogen-bond donors (Lipinski definition) is 1. The predicted molar refractivity (Wildman–Crippen MR) is 86.0 cm³/mol. The fourth-order valence-electron chi connectivity index (χ4n) is 1.78. The van der Waals surface area contributed by atoms with Crippen molar-refractivity contribution >= 4 is 11.8 Å². The van der Waals surface area contributed by atoms with Gasteiger partial charge in [0, 0.05) is 23.9 Å². The van der Waals surface area contributed by atoms with E-state index in [-0.39, 0.29) is 0 Å². The summed E-state index contributed by atoms with van der Waals surface area (Å²) < 4.78 is 5.45. The molecule has 19 heavy (non-hydrogen) atoms. The molecule has 0 aliphatic carbocycles. The molecule has 0 aromatic heterocycles. The average molecular weight is 281 g/mol. The zero-order chi connectivity index (χ0) is 14.3. The zero-order valence-corrected chi connectivity index (χ0v) is 13.6. The van der Waals surface area contributed by atoms with Crippen molar-refractivity contribution in [3.63, 3.8) is 0 Å². The highest BCUT2D eigenvalue weighted by atomic mass is 32.2. The summed E-state index contributed by atoms with van der Waals surface area (Å²) in [6.07, 6.45) is 0. The number of benzene rings is 1. The van der Waals surface area contributed by atoms with Crippen LogP contribution in [0.25, 0.3) is 0 Å². The quantitative estimate of drug-likeness (QED) is 0.775. The van der Waals surface area contributed by atoms with Gasteiger partial charge < -0.3 is 10.1 Å². The molecule has 0 atom stereocenters. The molecule has 0 bridgehead atoms. The fourth-order valence-corrected chi connectivity index (χ4v) is 2.82. The third kappa shape index (κ3) is 6.35. The summed E-state index contributed by atoms with van der Waals surface area (Å²) in [6, 6.07) is 7.01. The minimum atomic E-state index is 0.515. The maximum atomic E-state index is 5.45. The van der Waals surface area contributed by atoms with E-state index < -0.39 is 0 Å². The molecule has 0 saturated heterocycles. The van der Waals surface area contributed by atoms with Crippen LogP contribution in [0.4, 0.5) is 0 Å². The van der Waals surface area contributed by atoms with Crippen LogP contribution < -0.4 is 10.1 Å². The van der Waals surface area contributed by atoms with Crippen molar-refractivity contribution in [2.45, 2.75) is 46.0 Å². The highest BCUT2D eigenvalue weighted by Gasteiger charge is 2.06. The topological polar surface area (TPSA) is 21.3 Å². The maximum Gasteiger partial charge on any atom is 0.122 e. The molecule has 3 heteroatoms.